The van der Waals surface area contributed by atoms with E-state index in [0.717, 1.165) is 22.3 Å². The van der Waals surface area contributed by atoms with Gasteiger partial charge in [-0.1, -0.05) is 18.0 Å². The van der Waals surface area contributed by atoms with Gasteiger partial charge < -0.3 is 15.2 Å². The molecule has 0 heterocycles. The molecule has 1 aromatic rings. The van der Waals surface area contributed by atoms with Gasteiger partial charge in [0.2, 0.25) is 0 Å². The summed E-state index contributed by atoms with van der Waals surface area (Å²) in [5, 5.41) is 14.1. The zero-order valence-electron chi connectivity index (χ0n) is 12.2. The summed E-state index contributed by atoms with van der Waals surface area (Å²) in [4.78, 5) is 0. The Kier molecular flexibility index (Phi) is 5.70. The van der Waals surface area contributed by atoms with Crippen molar-refractivity contribution in [1.82, 2.24) is 5.32 Å². The van der Waals surface area contributed by atoms with Crippen LogP contribution in [0, 0.1) is 12.8 Å². The molecule has 1 aliphatic rings. The lowest BCUT2D eigenvalue weighted by atomic mass is 9.80. The fourth-order valence-corrected chi connectivity index (χ4v) is 2.50. The van der Waals surface area contributed by atoms with E-state index in [1.54, 1.807) is 0 Å². The third kappa shape index (κ3) is 4.37. The molecule has 20 heavy (non-hydrogen) atoms. The Morgan fingerprint density at radius 3 is 2.80 bits per heavy atom. The average Bonchev–Trinajstić information content (AvgIpc) is 2.36. The van der Waals surface area contributed by atoms with Crippen LogP contribution in [0.5, 0.6) is 5.75 Å². The van der Waals surface area contributed by atoms with Crippen LogP contribution in [0.4, 0.5) is 0 Å². The minimum Gasteiger partial charge on any atom is -0.491 e. The molecule has 2 unspecified atom stereocenters. The molecular weight excluding hydrogens is 274 g/mol. The van der Waals surface area contributed by atoms with E-state index in [9.17, 15) is 5.11 Å². The number of aryl methyl sites for hydroxylation is 1. The van der Waals surface area contributed by atoms with Crippen molar-refractivity contribution in [3.8, 4) is 5.75 Å². The highest BCUT2D eigenvalue weighted by Crippen LogP contribution is 2.29. The van der Waals surface area contributed by atoms with Gasteiger partial charge in [0.25, 0.3) is 0 Å². The first-order valence-corrected chi connectivity index (χ1v) is 7.74. The van der Waals surface area contributed by atoms with E-state index >= 15 is 0 Å². The maximum atomic E-state index is 9.94. The first kappa shape index (κ1) is 15.6. The molecule has 0 radical (unpaired) electrons. The first-order chi connectivity index (χ1) is 9.56. The molecule has 2 rings (SSSR count). The monoisotopic (exact) mass is 297 g/mol. The van der Waals surface area contributed by atoms with Gasteiger partial charge >= 0.3 is 0 Å². The Labute approximate surface area is 126 Å². The quantitative estimate of drug-likeness (QED) is 0.812. The highest BCUT2D eigenvalue weighted by molar-refractivity contribution is 6.31. The second kappa shape index (κ2) is 7.30. The summed E-state index contributed by atoms with van der Waals surface area (Å²) in [6, 6.07) is 6.01. The lowest BCUT2D eigenvalue weighted by Gasteiger charge is -2.32. The van der Waals surface area contributed by atoms with Crippen LogP contribution in [-0.4, -0.2) is 30.4 Å². The molecule has 2 atom stereocenters. The van der Waals surface area contributed by atoms with Gasteiger partial charge in [0.15, 0.2) is 0 Å². The molecule has 1 aromatic carbocycles. The third-order valence-electron chi connectivity index (χ3n) is 4.10. The lowest BCUT2D eigenvalue weighted by Crippen LogP contribution is -2.42. The van der Waals surface area contributed by atoms with Crippen LogP contribution in [0.15, 0.2) is 18.2 Å². The highest BCUT2D eigenvalue weighted by Gasteiger charge is 2.23. The van der Waals surface area contributed by atoms with Crippen LogP contribution in [0.3, 0.4) is 0 Å². The largest absolute Gasteiger partial charge is 0.491 e. The van der Waals surface area contributed by atoms with E-state index in [4.69, 9.17) is 16.3 Å². The topological polar surface area (TPSA) is 41.5 Å². The normalized spacial score (nSPS) is 18.4. The van der Waals surface area contributed by atoms with Crippen molar-refractivity contribution in [3.63, 3.8) is 0 Å². The van der Waals surface area contributed by atoms with Crippen molar-refractivity contribution >= 4 is 11.6 Å². The Balaban J connectivity index is 1.68. The van der Waals surface area contributed by atoms with Gasteiger partial charge in [-0.05, 0) is 56.4 Å². The minimum absolute atomic E-state index is 0.297. The van der Waals surface area contributed by atoms with Gasteiger partial charge in [-0.25, -0.2) is 0 Å². The standard InChI is InChI=1S/C16H24ClNO2/c1-11-8-15(6-7-16(11)17)20-10-14(19)9-18-12(2)13-4-3-5-13/h6-8,12-14,18-19H,3-5,9-10H2,1-2H3. The van der Waals surface area contributed by atoms with E-state index in [1.807, 2.05) is 25.1 Å². The molecule has 0 saturated heterocycles. The van der Waals surface area contributed by atoms with E-state index in [0.29, 0.717) is 19.2 Å². The summed E-state index contributed by atoms with van der Waals surface area (Å²) in [5.74, 6) is 1.53. The molecule has 4 heteroatoms. The zero-order valence-corrected chi connectivity index (χ0v) is 13.0. The summed E-state index contributed by atoms with van der Waals surface area (Å²) < 4.78 is 5.59. The first-order valence-electron chi connectivity index (χ1n) is 7.36. The zero-order chi connectivity index (χ0) is 14.5. The van der Waals surface area contributed by atoms with Crippen molar-refractivity contribution in [2.45, 2.75) is 45.3 Å². The van der Waals surface area contributed by atoms with Gasteiger partial charge in [-0.2, -0.15) is 0 Å². The van der Waals surface area contributed by atoms with Crippen LogP contribution in [0.2, 0.25) is 5.02 Å². The third-order valence-corrected chi connectivity index (χ3v) is 4.53. The molecule has 3 nitrogen and oxygen atoms in total. The number of aliphatic hydroxyl groups excluding tert-OH is 1. The highest BCUT2D eigenvalue weighted by atomic mass is 35.5. The number of rotatable bonds is 7. The number of hydrogen-bond acceptors (Lipinski definition) is 3. The number of hydrogen-bond donors (Lipinski definition) is 2. The summed E-state index contributed by atoms with van der Waals surface area (Å²) in [6.45, 7) is 5.00. The molecule has 1 fully saturated rings. The van der Waals surface area contributed by atoms with Crippen molar-refractivity contribution in [3.05, 3.63) is 28.8 Å². The predicted octanol–water partition coefficient (Wildman–Crippen LogP) is 3.17. The Morgan fingerprint density at radius 2 is 2.20 bits per heavy atom. The molecule has 0 bridgehead atoms. The van der Waals surface area contributed by atoms with Gasteiger partial charge in [-0.15, -0.1) is 0 Å². The number of benzene rings is 1. The smallest absolute Gasteiger partial charge is 0.119 e. The van der Waals surface area contributed by atoms with Crippen molar-refractivity contribution in [2.24, 2.45) is 5.92 Å². The van der Waals surface area contributed by atoms with E-state index < -0.39 is 6.10 Å². The fraction of sp³-hybridized carbons (Fsp3) is 0.625. The Hall–Kier alpha value is -0.770. The Bertz CT molecular complexity index is 434. The molecule has 112 valence electrons. The van der Waals surface area contributed by atoms with Gasteiger partial charge in [0, 0.05) is 17.6 Å². The van der Waals surface area contributed by atoms with Gasteiger partial charge in [0.1, 0.15) is 18.5 Å². The number of ether oxygens (including phenoxy) is 1. The molecule has 2 N–H and O–H groups in total. The number of halogens is 1. The predicted molar refractivity (Wildman–Crippen MR) is 82.5 cm³/mol. The SMILES string of the molecule is Cc1cc(OCC(O)CNC(C)C2CCC2)ccc1Cl. The fourth-order valence-electron chi connectivity index (χ4n) is 2.39. The summed E-state index contributed by atoms with van der Waals surface area (Å²) in [5.41, 5.74) is 0.982. The van der Waals surface area contributed by atoms with E-state index in [-0.39, 0.29) is 0 Å². The van der Waals surface area contributed by atoms with E-state index in [2.05, 4.69) is 12.2 Å². The molecule has 0 amide bonds. The second-order valence-electron chi connectivity index (χ2n) is 5.76. The van der Waals surface area contributed by atoms with Gasteiger partial charge in [-0.3, -0.25) is 0 Å². The maximum absolute atomic E-state index is 9.94. The molecule has 0 aromatic heterocycles. The molecule has 1 saturated carbocycles. The summed E-state index contributed by atoms with van der Waals surface area (Å²) >= 11 is 5.96. The molecule has 0 spiro atoms. The average molecular weight is 298 g/mol. The lowest BCUT2D eigenvalue weighted by molar-refractivity contribution is 0.0981. The van der Waals surface area contributed by atoms with Gasteiger partial charge in [0.05, 0.1) is 0 Å². The summed E-state index contributed by atoms with van der Waals surface area (Å²) in [6.07, 6.45) is 3.47. The van der Waals surface area contributed by atoms with Crippen molar-refractivity contribution in [2.75, 3.05) is 13.2 Å². The van der Waals surface area contributed by atoms with Crippen LogP contribution in [0.1, 0.15) is 31.7 Å². The van der Waals surface area contributed by atoms with Crippen molar-refractivity contribution < 1.29 is 9.84 Å². The second-order valence-corrected chi connectivity index (χ2v) is 6.17. The van der Waals surface area contributed by atoms with E-state index in [1.165, 1.54) is 19.3 Å². The Morgan fingerprint density at radius 1 is 1.45 bits per heavy atom. The number of aliphatic hydroxyl groups is 1. The molecule has 1 aliphatic carbocycles. The maximum Gasteiger partial charge on any atom is 0.119 e. The van der Waals surface area contributed by atoms with Crippen LogP contribution < -0.4 is 10.1 Å². The van der Waals surface area contributed by atoms with Crippen LogP contribution in [-0.2, 0) is 0 Å². The minimum atomic E-state index is -0.492. The summed E-state index contributed by atoms with van der Waals surface area (Å²) in [7, 11) is 0. The molecular formula is C16H24ClNO2. The number of nitrogens with one attached hydrogen (secondary N) is 1. The van der Waals surface area contributed by atoms with Crippen LogP contribution in [0.25, 0.3) is 0 Å². The van der Waals surface area contributed by atoms with Crippen molar-refractivity contribution in [1.29, 1.82) is 0 Å². The van der Waals surface area contributed by atoms with Crippen LogP contribution >= 0.6 is 11.6 Å². The molecule has 0 aliphatic heterocycles.